The molecule has 0 radical (unpaired) electrons. The summed E-state index contributed by atoms with van der Waals surface area (Å²) < 4.78 is 5.53. The summed E-state index contributed by atoms with van der Waals surface area (Å²) >= 11 is 6.14. The molecule has 1 aliphatic rings. The van der Waals surface area contributed by atoms with Crippen LogP contribution in [-0.4, -0.2) is 30.4 Å². The highest BCUT2D eigenvalue weighted by molar-refractivity contribution is 6.39. The summed E-state index contributed by atoms with van der Waals surface area (Å²) in [6.45, 7) is 3.50. The molecule has 3 aromatic carbocycles. The Hall–Kier alpha value is -4.43. The van der Waals surface area contributed by atoms with Crippen molar-refractivity contribution in [3.8, 4) is 5.75 Å². The highest BCUT2D eigenvalue weighted by Gasteiger charge is 2.36. The van der Waals surface area contributed by atoms with Gasteiger partial charge < -0.3 is 10.1 Å². The maximum Gasteiger partial charge on any atom is 0.335 e. The number of ether oxygens (including phenoxy) is 1. The summed E-state index contributed by atoms with van der Waals surface area (Å²) in [5, 5.41) is 5.35. The lowest BCUT2D eigenvalue weighted by Crippen LogP contribution is -2.54. The first kappa shape index (κ1) is 24.7. The van der Waals surface area contributed by atoms with Gasteiger partial charge in [0.1, 0.15) is 11.3 Å². The maximum atomic E-state index is 13.0. The van der Waals surface area contributed by atoms with Crippen LogP contribution in [-0.2, 0) is 14.4 Å². The molecule has 36 heavy (non-hydrogen) atoms. The van der Waals surface area contributed by atoms with Gasteiger partial charge >= 0.3 is 6.03 Å². The molecule has 0 saturated carbocycles. The highest BCUT2D eigenvalue weighted by atomic mass is 35.5. The lowest BCUT2D eigenvalue weighted by molar-refractivity contribution is -0.122. The molecule has 0 aliphatic carbocycles. The number of imide groups is 2. The molecular weight excluding hydrogens is 482 g/mol. The third-order valence-electron chi connectivity index (χ3n) is 5.50. The molecule has 2 N–H and O–H groups in total. The highest BCUT2D eigenvalue weighted by Crippen LogP contribution is 2.27. The summed E-state index contributed by atoms with van der Waals surface area (Å²) in [5.41, 5.74) is 3.00. The lowest BCUT2D eigenvalue weighted by Gasteiger charge is -2.26. The smallest absolute Gasteiger partial charge is 0.335 e. The standard InChI is InChI=1S/C27H22ClN3O5/c1-16-7-10-19(14-22(16)28)31-26(34)21(25(33)30-27(31)35)13-18-8-11-20(12-9-18)36-15-24(32)29-23-6-4-3-5-17(23)2/h3-14H,15H2,1-2H3,(H,29,32)(H,30,33,35)/b21-13+. The topological polar surface area (TPSA) is 105 Å². The van der Waals surface area contributed by atoms with Crippen molar-refractivity contribution in [3.05, 3.63) is 94.0 Å². The van der Waals surface area contributed by atoms with Crippen molar-refractivity contribution in [2.75, 3.05) is 16.8 Å². The molecule has 5 amide bonds. The van der Waals surface area contributed by atoms with Crippen LogP contribution in [0.25, 0.3) is 6.08 Å². The van der Waals surface area contributed by atoms with E-state index in [9.17, 15) is 19.2 Å². The Kier molecular flexibility index (Phi) is 7.17. The number of nitrogens with zero attached hydrogens (tertiary/aromatic N) is 1. The molecule has 0 bridgehead atoms. The molecule has 0 aromatic heterocycles. The Morgan fingerprint density at radius 3 is 2.42 bits per heavy atom. The van der Waals surface area contributed by atoms with E-state index < -0.39 is 17.8 Å². The van der Waals surface area contributed by atoms with Crippen LogP contribution in [0.15, 0.2) is 72.3 Å². The van der Waals surface area contributed by atoms with E-state index in [0.29, 0.717) is 22.0 Å². The number of hydrogen-bond acceptors (Lipinski definition) is 5. The summed E-state index contributed by atoms with van der Waals surface area (Å²) in [7, 11) is 0. The second-order valence-corrected chi connectivity index (χ2v) is 8.52. The number of anilines is 2. The molecule has 4 rings (SSSR count). The van der Waals surface area contributed by atoms with E-state index in [-0.39, 0.29) is 23.8 Å². The van der Waals surface area contributed by atoms with Crippen molar-refractivity contribution in [1.82, 2.24) is 5.32 Å². The first-order valence-electron chi connectivity index (χ1n) is 11.0. The maximum absolute atomic E-state index is 13.0. The van der Waals surface area contributed by atoms with Gasteiger partial charge in [0.2, 0.25) is 0 Å². The molecule has 1 aliphatic heterocycles. The Morgan fingerprint density at radius 1 is 1.00 bits per heavy atom. The first-order chi connectivity index (χ1) is 17.2. The minimum atomic E-state index is -0.852. The van der Waals surface area contributed by atoms with Crippen molar-refractivity contribution in [1.29, 1.82) is 0 Å². The van der Waals surface area contributed by atoms with Crippen molar-refractivity contribution in [2.45, 2.75) is 13.8 Å². The molecular formula is C27H22ClN3O5. The summed E-state index contributed by atoms with van der Waals surface area (Å²) in [6, 6.07) is 17.8. The quantitative estimate of drug-likeness (QED) is 0.376. The first-order valence-corrected chi connectivity index (χ1v) is 11.4. The van der Waals surface area contributed by atoms with Crippen LogP contribution >= 0.6 is 11.6 Å². The second-order valence-electron chi connectivity index (χ2n) is 8.11. The monoisotopic (exact) mass is 503 g/mol. The minimum Gasteiger partial charge on any atom is -0.484 e. The van der Waals surface area contributed by atoms with Gasteiger partial charge in [0, 0.05) is 10.7 Å². The molecule has 1 heterocycles. The van der Waals surface area contributed by atoms with E-state index in [4.69, 9.17) is 16.3 Å². The number of halogens is 1. The molecule has 8 nitrogen and oxygen atoms in total. The molecule has 1 saturated heterocycles. The van der Waals surface area contributed by atoms with Crippen molar-refractivity contribution >= 4 is 52.8 Å². The minimum absolute atomic E-state index is 0.189. The number of aryl methyl sites for hydroxylation is 2. The van der Waals surface area contributed by atoms with E-state index in [2.05, 4.69) is 10.6 Å². The molecule has 1 fully saturated rings. The SMILES string of the molecule is Cc1ccc(N2C(=O)NC(=O)/C(=C\c3ccc(OCC(=O)Nc4ccccc4C)cc3)C2=O)cc1Cl. The molecule has 9 heteroatoms. The normalized spacial score (nSPS) is 14.6. The number of barbiturate groups is 1. The van der Waals surface area contributed by atoms with Crippen LogP contribution in [0.1, 0.15) is 16.7 Å². The van der Waals surface area contributed by atoms with Gasteiger partial charge in [-0.15, -0.1) is 0 Å². The van der Waals surface area contributed by atoms with E-state index >= 15 is 0 Å². The zero-order valence-corrected chi connectivity index (χ0v) is 20.3. The molecule has 0 unspecified atom stereocenters. The van der Waals surface area contributed by atoms with Gasteiger partial charge in [-0.1, -0.05) is 48.0 Å². The molecule has 182 valence electrons. The van der Waals surface area contributed by atoms with Crippen LogP contribution in [0.4, 0.5) is 16.2 Å². The lowest BCUT2D eigenvalue weighted by atomic mass is 10.1. The molecule has 0 atom stereocenters. The van der Waals surface area contributed by atoms with Gasteiger partial charge in [-0.2, -0.15) is 0 Å². The predicted molar refractivity (Wildman–Crippen MR) is 137 cm³/mol. The van der Waals surface area contributed by atoms with Gasteiger partial charge in [-0.05, 0) is 66.9 Å². The molecule has 3 aromatic rings. The fourth-order valence-corrected chi connectivity index (χ4v) is 3.66. The summed E-state index contributed by atoms with van der Waals surface area (Å²) in [5.74, 6) is -1.44. The van der Waals surface area contributed by atoms with Gasteiger partial charge in [-0.25, -0.2) is 9.69 Å². The van der Waals surface area contributed by atoms with Crippen molar-refractivity contribution < 1.29 is 23.9 Å². The Bertz CT molecular complexity index is 1400. The number of hydrogen-bond donors (Lipinski definition) is 2. The van der Waals surface area contributed by atoms with Crippen molar-refractivity contribution in [2.24, 2.45) is 0 Å². The Morgan fingerprint density at radius 2 is 1.72 bits per heavy atom. The number of nitrogens with one attached hydrogen (secondary N) is 2. The van der Waals surface area contributed by atoms with Crippen LogP contribution in [0.5, 0.6) is 5.75 Å². The molecule has 0 spiro atoms. The number of benzene rings is 3. The van der Waals surface area contributed by atoms with Gasteiger partial charge in [0.15, 0.2) is 6.61 Å². The summed E-state index contributed by atoms with van der Waals surface area (Å²) in [4.78, 5) is 50.8. The van der Waals surface area contributed by atoms with E-state index in [1.54, 1.807) is 49.4 Å². The fourth-order valence-electron chi connectivity index (χ4n) is 3.49. The second kappa shape index (κ2) is 10.5. The third-order valence-corrected chi connectivity index (χ3v) is 5.90. The number of carbonyl (C=O) groups is 4. The Labute approximate surface area is 212 Å². The fraction of sp³-hybridized carbons (Fsp3) is 0.111. The predicted octanol–water partition coefficient (Wildman–Crippen LogP) is 4.64. The number of rotatable bonds is 6. The zero-order chi connectivity index (χ0) is 25.8. The number of carbonyl (C=O) groups excluding carboxylic acids is 4. The van der Waals surface area contributed by atoms with Gasteiger partial charge in [-0.3, -0.25) is 19.7 Å². The van der Waals surface area contributed by atoms with Crippen LogP contribution < -0.4 is 20.3 Å². The summed E-state index contributed by atoms with van der Waals surface area (Å²) in [6.07, 6.45) is 1.38. The van der Waals surface area contributed by atoms with Gasteiger partial charge in [0.05, 0.1) is 5.69 Å². The van der Waals surface area contributed by atoms with Gasteiger partial charge in [0.25, 0.3) is 17.7 Å². The average Bonchev–Trinajstić information content (AvgIpc) is 2.85. The van der Waals surface area contributed by atoms with Crippen LogP contribution in [0, 0.1) is 13.8 Å². The zero-order valence-electron chi connectivity index (χ0n) is 19.5. The number of urea groups is 1. The van der Waals surface area contributed by atoms with E-state index in [0.717, 1.165) is 16.0 Å². The van der Waals surface area contributed by atoms with E-state index in [1.807, 2.05) is 25.1 Å². The third kappa shape index (κ3) is 5.45. The van der Waals surface area contributed by atoms with Crippen LogP contribution in [0.2, 0.25) is 5.02 Å². The largest absolute Gasteiger partial charge is 0.484 e. The number of amides is 5. The number of para-hydroxylation sites is 1. The average molecular weight is 504 g/mol. The Balaban J connectivity index is 1.45. The van der Waals surface area contributed by atoms with Crippen molar-refractivity contribution in [3.63, 3.8) is 0 Å². The van der Waals surface area contributed by atoms with Crippen LogP contribution in [0.3, 0.4) is 0 Å². The van der Waals surface area contributed by atoms with E-state index in [1.165, 1.54) is 12.1 Å².